The number of halogens is 1. The molecule has 17 heavy (non-hydrogen) atoms. The molecule has 90 valence electrons. The average Bonchev–Trinajstić information content (AvgIpc) is 2.67. The van der Waals surface area contributed by atoms with Gasteiger partial charge in [0.2, 0.25) is 0 Å². The van der Waals surface area contributed by atoms with Crippen LogP contribution < -0.4 is 10.4 Å². The standard InChI is InChI=1S/C10H11FN4O2/c1-6(2)17-9-4-3-7(5-8(9)11)15-10(16)12-13-14-15/h3-6H,1-2H3,(H,12,14,16). The topological polar surface area (TPSA) is 72.8 Å². The second-order valence-corrected chi connectivity index (χ2v) is 3.70. The van der Waals surface area contributed by atoms with Gasteiger partial charge in [-0.05, 0) is 36.4 Å². The summed E-state index contributed by atoms with van der Waals surface area (Å²) in [4.78, 5) is 11.2. The van der Waals surface area contributed by atoms with Crippen LogP contribution in [0.3, 0.4) is 0 Å². The van der Waals surface area contributed by atoms with E-state index >= 15 is 0 Å². The SMILES string of the molecule is CC(C)Oc1ccc(-n2nn[nH]c2=O)cc1F. The van der Waals surface area contributed by atoms with Crippen molar-refractivity contribution in [3.8, 4) is 11.4 Å². The Morgan fingerprint density at radius 1 is 1.47 bits per heavy atom. The van der Waals surface area contributed by atoms with Crippen LogP contribution in [-0.4, -0.2) is 26.3 Å². The summed E-state index contributed by atoms with van der Waals surface area (Å²) in [5, 5.41) is 8.96. The van der Waals surface area contributed by atoms with Gasteiger partial charge in [0.25, 0.3) is 0 Å². The summed E-state index contributed by atoms with van der Waals surface area (Å²) < 4.78 is 19.8. The molecule has 0 saturated carbocycles. The van der Waals surface area contributed by atoms with Gasteiger partial charge in [0.05, 0.1) is 11.8 Å². The van der Waals surface area contributed by atoms with Crippen molar-refractivity contribution in [2.24, 2.45) is 0 Å². The molecule has 0 saturated heterocycles. The fourth-order valence-electron chi connectivity index (χ4n) is 1.34. The summed E-state index contributed by atoms with van der Waals surface area (Å²) in [7, 11) is 0. The summed E-state index contributed by atoms with van der Waals surface area (Å²) >= 11 is 0. The molecule has 2 rings (SSSR count). The van der Waals surface area contributed by atoms with E-state index in [0.717, 1.165) is 4.68 Å². The Balaban J connectivity index is 2.38. The molecule has 1 aromatic carbocycles. The minimum atomic E-state index is -0.550. The molecule has 0 bridgehead atoms. The number of rotatable bonds is 3. The zero-order chi connectivity index (χ0) is 12.4. The van der Waals surface area contributed by atoms with Crippen LogP contribution in [0.15, 0.2) is 23.0 Å². The van der Waals surface area contributed by atoms with Crippen LogP contribution in [-0.2, 0) is 0 Å². The fraction of sp³-hybridized carbons (Fsp3) is 0.300. The van der Waals surface area contributed by atoms with Gasteiger partial charge in [-0.1, -0.05) is 0 Å². The van der Waals surface area contributed by atoms with Crippen molar-refractivity contribution in [3.05, 3.63) is 34.5 Å². The zero-order valence-electron chi connectivity index (χ0n) is 9.35. The van der Waals surface area contributed by atoms with Gasteiger partial charge in [-0.3, -0.25) is 0 Å². The maximum atomic E-state index is 13.6. The third kappa shape index (κ3) is 2.32. The third-order valence-electron chi connectivity index (χ3n) is 1.99. The molecule has 0 aliphatic carbocycles. The smallest absolute Gasteiger partial charge is 0.365 e. The zero-order valence-corrected chi connectivity index (χ0v) is 9.35. The first kappa shape index (κ1) is 11.3. The number of hydrogen-bond acceptors (Lipinski definition) is 4. The van der Waals surface area contributed by atoms with E-state index in [2.05, 4.69) is 15.5 Å². The molecule has 0 aliphatic heterocycles. The molecule has 1 aromatic heterocycles. The maximum Gasteiger partial charge on any atom is 0.365 e. The summed E-state index contributed by atoms with van der Waals surface area (Å²) in [5.74, 6) is -0.411. The van der Waals surface area contributed by atoms with E-state index in [1.54, 1.807) is 13.8 Å². The summed E-state index contributed by atoms with van der Waals surface area (Å²) in [6, 6.07) is 4.15. The first-order valence-corrected chi connectivity index (χ1v) is 5.05. The second-order valence-electron chi connectivity index (χ2n) is 3.70. The molecule has 0 amide bonds. The van der Waals surface area contributed by atoms with Crippen LogP contribution in [0.1, 0.15) is 13.8 Å². The van der Waals surface area contributed by atoms with E-state index in [4.69, 9.17) is 4.74 Å². The molecule has 0 radical (unpaired) electrons. The lowest BCUT2D eigenvalue weighted by atomic mass is 10.3. The largest absolute Gasteiger partial charge is 0.488 e. The molecule has 1 N–H and O–H groups in total. The molecule has 6 nitrogen and oxygen atoms in total. The molecule has 2 aromatic rings. The van der Waals surface area contributed by atoms with Crippen molar-refractivity contribution in [2.75, 3.05) is 0 Å². The molecule has 0 aliphatic rings. The lowest BCUT2D eigenvalue weighted by molar-refractivity contribution is 0.231. The first-order chi connectivity index (χ1) is 8.08. The maximum absolute atomic E-state index is 13.6. The Kier molecular flexibility index (Phi) is 2.90. The van der Waals surface area contributed by atoms with E-state index < -0.39 is 11.5 Å². The van der Waals surface area contributed by atoms with Gasteiger partial charge in [-0.2, -0.15) is 4.68 Å². The quantitative estimate of drug-likeness (QED) is 0.861. The van der Waals surface area contributed by atoms with Gasteiger partial charge in [-0.25, -0.2) is 14.3 Å². The van der Waals surface area contributed by atoms with Gasteiger partial charge >= 0.3 is 5.69 Å². The van der Waals surface area contributed by atoms with Crippen molar-refractivity contribution in [3.63, 3.8) is 0 Å². The first-order valence-electron chi connectivity index (χ1n) is 5.05. The van der Waals surface area contributed by atoms with Crippen LogP contribution in [0.2, 0.25) is 0 Å². The fourth-order valence-corrected chi connectivity index (χ4v) is 1.34. The van der Waals surface area contributed by atoms with Crippen LogP contribution >= 0.6 is 0 Å². The van der Waals surface area contributed by atoms with Crippen molar-refractivity contribution < 1.29 is 9.13 Å². The Hall–Kier alpha value is -2.18. The van der Waals surface area contributed by atoms with E-state index in [0.29, 0.717) is 0 Å². The normalized spacial score (nSPS) is 10.8. The highest BCUT2D eigenvalue weighted by Crippen LogP contribution is 2.20. The Morgan fingerprint density at radius 2 is 2.24 bits per heavy atom. The van der Waals surface area contributed by atoms with Gasteiger partial charge in [-0.15, -0.1) is 0 Å². The Bertz CT molecular complexity index is 576. The minimum Gasteiger partial charge on any atom is -0.488 e. The molecule has 0 atom stereocenters. The highest BCUT2D eigenvalue weighted by atomic mass is 19.1. The van der Waals surface area contributed by atoms with Gasteiger partial charge in [0.15, 0.2) is 11.6 Å². The number of ether oxygens (including phenoxy) is 1. The second kappa shape index (κ2) is 4.36. The van der Waals surface area contributed by atoms with Crippen molar-refractivity contribution >= 4 is 0 Å². The number of tetrazole rings is 1. The lowest BCUT2D eigenvalue weighted by Gasteiger charge is -2.10. The molecular weight excluding hydrogens is 227 g/mol. The number of hydrogen-bond donors (Lipinski definition) is 1. The Labute approximate surface area is 96.0 Å². The molecule has 0 unspecified atom stereocenters. The van der Waals surface area contributed by atoms with Crippen molar-refractivity contribution in [2.45, 2.75) is 20.0 Å². The van der Waals surface area contributed by atoms with Gasteiger partial charge < -0.3 is 4.74 Å². The summed E-state index contributed by atoms with van der Waals surface area (Å²) in [6.45, 7) is 3.60. The average molecular weight is 238 g/mol. The van der Waals surface area contributed by atoms with Crippen LogP contribution in [0.25, 0.3) is 5.69 Å². The summed E-state index contributed by atoms with van der Waals surface area (Å²) in [5.41, 5.74) is -0.237. The number of nitrogens with one attached hydrogen (secondary N) is 1. The predicted octanol–water partition coefficient (Wildman–Crippen LogP) is 0.882. The predicted molar refractivity (Wildman–Crippen MR) is 57.7 cm³/mol. The number of aromatic amines is 1. The molecule has 7 heteroatoms. The molecule has 0 fully saturated rings. The Morgan fingerprint density at radius 3 is 2.76 bits per heavy atom. The van der Waals surface area contributed by atoms with Crippen molar-refractivity contribution in [1.29, 1.82) is 0 Å². The van der Waals surface area contributed by atoms with Crippen LogP contribution in [0, 0.1) is 5.82 Å². The van der Waals surface area contributed by atoms with Crippen LogP contribution in [0.4, 0.5) is 4.39 Å². The number of benzene rings is 1. The highest BCUT2D eigenvalue weighted by Gasteiger charge is 2.09. The van der Waals surface area contributed by atoms with E-state index in [1.807, 2.05) is 0 Å². The van der Waals surface area contributed by atoms with Gasteiger partial charge in [0, 0.05) is 6.07 Å². The highest BCUT2D eigenvalue weighted by molar-refractivity contribution is 5.37. The molecule has 1 heterocycles. The molecular formula is C10H11FN4O2. The van der Waals surface area contributed by atoms with E-state index in [-0.39, 0.29) is 17.5 Å². The number of nitrogens with zero attached hydrogens (tertiary/aromatic N) is 3. The van der Waals surface area contributed by atoms with Crippen molar-refractivity contribution in [1.82, 2.24) is 20.2 Å². The lowest BCUT2D eigenvalue weighted by Crippen LogP contribution is -2.16. The van der Waals surface area contributed by atoms with E-state index in [1.165, 1.54) is 18.2 Å². The third-order valence-corrected chi connectivity index (χ3v) is 1.99. The minimum absolute atomic E-state index is 0.120. The number of H-pyrrole nitrogens is 1. The molecule has 0 spiro atoms. The van der Waals surface area contributed by atoms with Gasteiger partial charge in [0.1, 0.15) is 0 Å². The number of aromatic nitrogens is 4. The van der Waals surface area contributed by atoms with Crippen LogP contribution in [0.5, 0.6) is 5.75 Å². The van der Waals surface area contributed by atoms with E-state index in [9.17, 15) is 9.18 Å². The monoisotopic (exact) mass is 238 g/mol. The summed E-state index contributed by atoms with van der Waals surface area (Å²) in [6.07, 6.45) is -0.120.